The van der Waals surface area contributed by atoms with E-state index >= 15 is 0 Å². The van der Waals surface area contributed by atoms with Crippen molar-refractivity contribution in [3.63, 3.8) is 0 Å². The molecule has 0 fully saturated rings. The third-order valence-corrected chi connectivity index (χ3v) is 3.45. The van der Waals surface area contributed by atoms with Crippen LogP contribution in [0, 0.1) is 19.3 Å². The summed E-state index contributed by atoms with van der Waals surface area (Å²) < 4.78 is 0. The molecule has 0 saturated carbocycles. The van der Waals surface area contributed by atoms with E-state index in [0.717, 1.165) is 27.8 Å². The van der Waals surface area contributed by atoms with Gasteiger partial charge in [0.1, 0.15) is 0 Å². The van der Waals surface area contributed by atoms with Crippen molar-refractivity contribution in [3.8, 4) is 23.5 Å². The van der Waals surface area contributed by atoms with E-state index in [0.29, 0.717) is 0 Å². The summed E-state index contributed by atoms with van der Waals surface area (Å²) in [5.74, 6) is 2.55. The van der Waals surface area contributed by atoms with Gasteiger partial charge in [-0.05, 0) is 23.6 Å². The number of rotatable bonds is 0. The van der Waals surface area contributed by atoms with Gasteiger partial charge < -0.3 is 5.11 Å². The monoisotopic (exact) mass is 220 g/mol. The first-order valence-electron chi connectivity index (χ1n) is 5.58. The van der Waals surface area contributed by atoms with Crippen LogP contribution < -0.4 is 0 Å². The summed E-state index contributed by atoms with van der Waals surface area (Å²) in [7, 11) is 0. The highest BCUT2D eigenvalue weighted by Crippen LogP contribution is 2.48. The molecule has 0 amide bonds. The van der Waals surface area contributed by atoms with Crippen LogP contribution in [0.5, 0.6) is 0 Å². The first-order chi connectivity index (χ1) is 8.18. The van der Waals surface area contributed by atoms with Crippen molar-refractivity contribution in [1.82, 2.24) is 0 Å². The molecule has 0 aromatic heterocycles. The molecule has 2 aromatic carbocycles. The van der Waals surface area contributed by atoms with E-state index in [4.69, 9.17) is 6.42 Å². The minimum absolute atomic E-state index is 0.812. The zero-order valence-corrected chi connectivity index (χ0v) is 9.57. The number of fused-ring (bicyclic) bond motifs is 3. The highest BCUT2D eigenvalue weighted by molar-refractivity contribution is 5.82. The second kappa shape index (κ2) is 3.23. The van der Waals surface area contributed by atoms with Crippen molar-refractivity contribution in [3.05, 3.63) is 59.2 Å². The fourth-order valence-corrected chi connectivity index (χ4v) is 2.69. The zero-order chi connectivity index (χ0) is 12.0. The van der Waals surface area contributed by atoms with Crippen molar-refractivity contribution in [2.75, 3.05) is 0 Å². The van der Waals surface area contributed by atoms with Crippen LogP contribution in [-0.4, -0.2) is 5.11 Å². The number of aliphatic hydroxyl groups is 1. The van der Waals surface area contributed by atoms with Crippen LogP contribution in [0.3, 0.4) is 0 Å². The number of hydrogen-bond donors (Lipinski definition) is 1. The third-order valence-electron chi connectivity index (χ3n) is 3.45. The molecular weight excluding hydrogens is 208 g/mol. The molecule has 1 heteroatoms. The second-order valence-electron chi connectivity index (χ2n) is 4.40. The predicted molar refractivity (Wildman–Crippen MR) is 68.4 cm³/mol. The summed E-state index contributed by atoms with van der Waals surface area (Å²) in [5, 5.41) is 10.7. The molecule has 82 valence electrons. The van der Waals surface area contributed by atoms with Crippen LogP contribution in [0.2, 0.25) is 0 Å². The molecule has 0 aliphatic heterocycles. The normalized spacial score (nSPS) is 20.5. The maximum absolute atomic E-state index is 10.7. The summed E-state index contributed by atoms with van der Waals surface area (Å²) in [4.78, 5) is 0. The van der Waals surface area contributed by atoms with Gasteiger partial charge in [-0.2, -0.15) is 0 Å². The summed E-state index contributed by atoms with van der Waals surface area (Å²) in [5.41, 5.74) is 3.49. The molecule has 0 heterocycles. The number of hydrogen-bond acceptors (Lipinski definition) is 1. The van der Waals surface area contributed by atoms with E-state index in [2.05, 4.69) is 5.92 Å². The van der Waals surface area contributed by atoms with Gasteiger partial charge in [0.15, 0.2) is 5.60 Å². The van der Waals surface area contributed by atoms with Gasteiger partial charge in [0.2, 0.25) is 0 Å². The van der Waals surface area contributed by atoms with Gasteiger partial charge in [0, 0.05) is 11.1 Å². The summed E-state index contributed by atoms with van der Waals surface area (Å²) >= 11 is 0. The van der Waals surface area contributed by atoms with Crippen molar-refractivity contribution in [2.45, 2.75) is 12.5 Å². The van der Waals surface area contributed by atoms with Crippen molar-refractivity contribution >= 4 is 0 Å². The molecular formula is C16H12O. The fourth-order valence-electron chi connectivity index (χ4n) is 2.69. The molecule has 1 nitrogen and oxygen atoms in total. The minimum atomic E-state index is -1.28. The Bertz CT molecular complexity index is 649. The Morgan fingerprint density at radius 2 is 1.76 bits per heavy atom. The van der Waals surface area contributed by atoms with E-state index in [1.165, 1.54) is 0 Å². The van der Waals surface area contributed by atoms with Crippen LogP contribution in [0.15, 0.2) is 42.5 Å². The molecule has 1 aliphatic rings. The third kappa shape index (κ3) is 1.13. The first kappa shape index (κ1) is 10.1. The number of terminal acetylenes is 1. The van der Waals surface area contributed by atoms with Gasteiger partial charge in [-0.25, -0.2) is 0 Å². The van der Waals surface area contributed by atoms with Crippen molar-refractivity contribution in [2.24, 2.45) is 0 Å². The van der Waals surface area contributed by atoms with Gasteiger partial charge in [0.05, 0.1) is 0 Å². The second-order valence-corrected chi connectivity index (χ2v) is 4.40. The van der Waals surface area contributed by atoms with Crippen LogP contribution in [0.25, 0.3) is 11.1 Å². The zero-order valence-electron chi connectivity index (χ0n) is 9.57. The number of benzene rings is 2. The van der Waals surface area contributed by atoms with E-state index < -0.39 is 5.60 Å². The lowest BCUT2D eigenvalue weighted by molar-refractivity contribution is 0.150. The molecule has 3 rings (SSSR count). The van der Waals surface area contributed by atoms with Gasteiger partial charge in [-0.1, -0.05) is 48.4 Å². The molecule has 0 radical (unpaired) electrons. The number of aryl methyl sites for hydroxylation is 1. The molecule has 1 aliphatic carbocycles. The Morgan fingerprint density at radius 3 is 2.53 bits per heavy atom. The Labute approximate surface area is 101 Å². The highest BCUT2D eigenvalue weighted by atomic mass is 16.3. The molecule has 1 unspecified atom stereocenters. The standard InChI is InChI=1S/C16H12O/c1-3-16(17)14-10-5-4-8-12(14)13-9-6-7-11(2)15(13)16/h1,4-10,17H,2H3. The summed E-state index contributed by atoms with van der Waals surface area (Å²) in [6.07, 6.45) is 5.57. The van der Waals surface area contributed by atoms with Crippen LogP contribution >= 0.6 is 0 Å². The fraction of sp³-hybridized carbons (Fsp3) is 0.125. The van der Waals surface area contributed by atoms with Crippen LogP contribution in [-0.2, 0) is 5.60 Å². The van der Waals surface area contributed by atoms with Gasteiger partial charge in [-0.3, -0.25) is 0 Å². The van der Waals surface area contributed by atoms with E-state index in [1.807, 2.05) is 49.4 Å². The van der Waals surface area contributed by atoms with E-state index in [9.17, 15) is 5.11 Å². The quantitative estimate of drug-likeness (QED) is 0.677. The largest absolute Gasteiger partial charge is 0.369 e. The van der Waals surface area contributed by atoms with Gasteiger partial charge >= 0.3 is 0 Å². The molecule has 0 saturated heterocycles. The Hall–Kier alpha value is -2.04. The summed E-state index contributed by atoms with van der Waals surface area (Å²) in [6, 6.07) is 13.8. The molecule has 0 bridgehead atoms. The average molecular weight is 220 g/mol. The lowest BCUT2D eigenvalue weighted by Crippen LogP contribution is -2.22. The molecule has 1 N–H and O–H groups in total. The van der Waals surface area contributed by atoms with Crippen LogP contribution in [0.1, 0.15) is 16.7 Å². The SMILES string of the molecule is C#CC1(O)c2ccccc2-c2cccc(C)c21. The molecule has 1 atom stereocenters. The topological polar surface area (TPSA) is 20.2 Å². The molecule has 17 heavy (non-hydrogen) atoms. The molecule has 2 aromatic rings. The van der Waals surface area contributed by atoms with Crippen molar-refractivity contribution in [1.29, 1.82) is 0 Å². The highest BCUT2D eigenvalue weighted by Gasteiger charge is 2.40. The Morgan fingerprint density at radius 1 is 1.06 bits per heavy atom. The van der Waals surface area contributed by atoms with Crippen molar-refractivity contribution < 1.29 is 5.11 Å². The minimum Gasteiger partial charge on any atom is -0.369 e. The predicted octanol–water partition coefficient (Wildman–Crippen LogP) is 2.84. The molecule has 0 spiro atoms. The average Bonchev–Trinajstić information content (AvgIpc) is 2.63. The Balaban J connectivity index is 2.48. The van der Waals surface area contributed by atoms with Gasteiger partial charge in [0.25, 0.3) is 0 Å². The lowest BCUT2D eigenvalue weighted by atomic mass is 9.89. The van der Waals surface area contributed by atoms with E-state index in [-0.39, 0.29) is 0 Å². The summed E-state index contributed by atoms with van der Waals surface area (Å²) in [6.45, 7) is 1.98. The van der Waals surface area contributed by atoms with Gasteiger partial charge in [-0.15, -0.1) is 6.42 Å². The smallest absolute Gasteiger partial charge is 0.178 e. The lowest BCUT2D eigenvalue weighted by Gasteiger charge is -2.20. The van der Waals surface area contributed by atoms with E-state index in [1.54, 1.807) is 0 Å². The maximum atomic E-state index is 10.7. The Kier molecular flexibility index (Phi) is 1.92. The first-order valence-corrected chi connectivity index (χ1v) is 5.58. The van der Waals surface area contributed by atoms with Crippen LogP contribution in [0.4, 0.5) is 0 Å². The maximum Gasteiger partial charge on any atom is 0.178 e.